The number of aromatic nitrogens is 1. The van der Waals surface area contributed by atoms with E-state index in [2.05, 4.69) is 9.71 Å². The highest BCUT2D eigenvalue weighted by atomic mass is 32.2. The number of anilines is 1. The second-order valence-corrected chi connectivity index (χ2v) is 7.25. The summed E-state index contributed by atoms with van der Waals surface area (Å²) < 4.78 is 26.7. The smallest absolute Gasteiger partial charge is 0.263 e. The molecule has 106 valence electrons. The number of nitrogens with one attached hydrogen (secondary N) is 1. The highest BCUT2D eigenvalue weighted by Crippen LogP contribution is 2.20. The van der Waals surface area contributed by atoms with Gasteiger partial charge in [0, 0.05) is 11.8 Å². The van der Waals surface area contributed by atoms with Crippen LogP contribution < -0.4 is 10.5 Å². The van der Waals surface area contributed by atoms with Gasteiger partial charge >= 0.3 is 0 Å². The van der Waals surface area contributed by atoms with Crippen LogP contribution in [0.5, 0.6) is 0 Å². The standard InChI is InChI=1S/C12H13N3O2S3/c1-8-7-19-12(14-8)15-20(16,17)10-4-2-9(3-5-10)6-11(13)18/h2-5,7H,6H2,1H3,(H2,13,18)(H,14,15). The number of rotatable bonds is 5. The van der Waals surface area contributed by atoms with Crippen LogP contribution in [0.25, 0.3) is 0 Å². The van der Waals surface area contributed by atoms with E-state index >= 15 is 0 Å². The van der Waals surface area contributed by atoms with Crippen molar-refractivity contribution >= 4 is 43.7 Å². The van der Waals surface area contributed by atoms with Gasteiger partial charge in [-0.15, -0.1) is 11.3 Å². The van der Waals surface area contributed by atoms with Crippen molar-refractivity contribution < 1.29 is 8.42 Å². The van der Waals surface area contributed by atoms with Crippen LogP contribution in [0.4, 0.5) is 5.13 Å². The lowest BCUT2D eigenvalue weighted by Crippen LogP contribution is -2.14. The van der Waals surface area contributed by atoms with Crippen LogP contribution in [0, 0.1) is 6.92 Å². The third-order valence-electron chi connectivity index (χ3n) is 2.45. The molecule has 0 spiro atoms. The number of hydrogen-bond acceptors (Lipinski definition) is 5. The minimum atomic E-state index is -3.61. The largest absolute Gasteiger partial charge is 0.393 e. The Hall–Kier alpha value is -1.51. The number of nitrogens with two attached hydrogens (primary N) is 1. The molecule has 1 aromatic heterocycles. The summed E-state index contributed by atoms with van der Waals surface area (Å²) in [6.07, 6.45) is 0.453. The maximum absolute atomic E-state index is 12.1. The highest BCUT2D eigenvalue weighted by Gasteiger charge is 2.15. The summed E-state index contributed by atoms with van der Waals surface area (Å²) in [7, 11) is -3.61. The molecule has 0 atom stereocenters. The summed E-state index contributed by atoms with van der Waals surface area (Å²) in [5.74, 6) is 0. The summed E-state index contributed by atoms with van der Waals surface area (Å²) >= 11 is 6.06. The Balaban J connectivity index is 2.19. The van der Waals surface area contributed by atoms with Crippen molar-refractivity contribution in [3.63, 3.8) is 0 Å². The van der Waals surface area contributed by atoms with Crippen molar-refractivity contribution in [1.82, 2.24) is 4.98 Å². The highest BCUT2D eigenvalue weighted by molar-refractivity contribution is 7.93. The molecular formula is C12H13N3O2S3. The van der Waals surface area contributed by atoms with Crippen molar-refractivity contribution in [3.8, 4) is 0 Å². The average molecular weight is 327 g/mol. The zero-order valence-electron chi connectivity index (χ0n) is 10.7. The number of thiocarbonyl (C=S) groups is 1. The first-order valence-corrected chi connectivity index (χ1v) is 8.46. The molecule has 0 amide bonds. The van der Waals surface area contributed by atoms with Gasteiger partial charge in [-0.1, -0.05) is 24.4 Å². The van der Waals surface area contributed by atoms with E-state index in [1.807, 2.05) is 0 Å². The van der Waals surface area contributed by atoms with Gasteiger partial charge in [0.15, 0.2) is 5.13 Å². The van der Waals surface area contributed by atoms with E-state index in [0.29, 0.717) is 16.5 Å². The molecule has 20 heavy (non-hydrogen) atoms. The van der Waals surface area contributed by atoms with Gasteiger partial charge in [0.25, 0.3) is 10.0 Å². The van der Waals surface area contributed by atoms with Crippen LogP contribution in [0.2, 0.25) is 0 Å². The van der Waals surface area contributed by atoms with Crippen LogP contribution in [0.3, 0.4) is 0 Å². The van der Waals surface area contributed by atoms with Gasteiger partial charge in [0.2, 0.25) is 0 Å². The van der Waals surface area contributed by atoms with E-state index in [4.69, 9.17) is 18.0 Å². The quantitative estimate of drug-likeness (QED) is 0.821. The second-order valence-electron chi connectivity index (χ2n) is 4.19. The lowest BCUT2D eigenvalue weighted by Gasteiger charge is -2.06. The van der Waals surface area contributed by atoms with E-state index in [1.54, 1.807) is 24.4 Å². The molecule has 0 aliphatic carbocycles. The van der Waals surface area contributed by atoms with Gasteiger partial charge < -0.3 is 5.73 Å². The molecule has 0 aliphatic rings. The number of benzene rings is 1. The maximum atomic E-state index is 12.1. The number of sulfonamides is 1. The average Bonchev–Trinajstić information content (AvgIpc) is 2.74. The fourth-order valence-electron chi connectivity index (χ4n) is 1.56. The molecule has 2 rings (SSSR count). The molecule has 0 saturated heterocycles. The molecule has 0 bridgehead atoms. The van der Waals surface area contributed by atoms with E-state index < -0.39 is 10.0 Å². The first-order valence-electron chi connectivity index (χ1n) is 5.69. The molecular weight excluding hydrogens is 314 g/mol. The van der Waals surface area contributed by atoms with Gasteiger partial charge in [0.1, 0.15) is 0 Å². The number of nitrogens with zero attached hydrogens (tertiary/aromatic N) is 1. The van der Waals surface area contributed by atoms with Crippen molar-refractivity contribution in [1.29, 1.82) is 0 Å². The zero-order chi connectivity index (χ0) is 14.8. The van der Waals surface area contributed by atoms with Gasteiger partial charge in [-0.05, 0) is 24.6 Å². The normalized spacial score (nSPS) is 11.2. The van der Waals surface area contributed by atoms with Crippen molar-refractivity contribution in [2.45, 2.75) is 18.2 Å². The Labute approximate surface area is 126 Å². The van der Waals surface area contributed by atoms with Crippen LogP contribution in [-0.2, 0) is 16.4 Å². The van der Waals surface area contributed by atoms with Crippen molar-refractivity contribution in [2.75, 3.05) is 4.72 Å². The molecule has 0 aliphatic heterocycles. The minimum absolute atomic E-state index is 0.178. The topological polar surface area (TPSA) is 85.1 Å². The SMILES string of the molecule is Cc1csc(NS(=O)(=O)c2ccc(CC(N)=S)cc2)n1. The third kappa shape index (κ3) is 3.75. The van der Waals surface area contributed by atoms with Gasteiger partial charge in [-0.3, -0.25) is 4.72 Å². The molecule has 8 heteroatoms. The summed E-state index contributed by atoms with van der Waals surface area (Å²) in [5, 5.41) is 2.14. The van der Waals surface area contributed by atoms with Crippen LogP contribution >= 0.6 is 23.6 Å². The van der Waals surface area contributed by atoms with Gasteiger partial charge in [-0.2, -0.15) is 0 Å². The lowest BCUT2D eigenvalue weighted by atomic mass is 10.1. The van der Waals surface area contributed by atoms with E-state index in [9.17, 15) is 8.42 Å². The Kier molecular flexibility index (Phi) is 4.36. The predicted molar refractivity (Wildman–Crippen MR) is 84.6 cm³/mol. The molecule has 3 N–H and O–H groups in total. The number of aryl methyl sites for hydroxylation is 1. The van der Waals surface area contributed by atoms with Crippen LogP contribution in [0.15, 0.2) is 34.5 Å². The maximum Gasteiger partial charge on any atom is 0.263 e. The Morgan fingerprint density at radius 2 is 2.05 bits per heavy atom. The van der Waals surface area contributed by atoms with Crippen molar-refractivity contribution in [3.05, 3.63) is 40.9 Å². The van der Waals surface area contributed by atoms with E-state index in [0.717, 1.165) is 11.3 Å². The minimum Gasteiger partial charge on any atom is -0.393 e. The summed E-state index contributed by atoms with van der Waals surface area (Å²) in [6.45, 7) is 1.80. The number of hydrogen-bond donors (Lipinski definition) is 2. The first-order chi connectivity index (χ1) is 9.37. The summed E-state index contributed by atoms with van der Waals surface area (Å²) in [4.78, 5) is 4.62. The van der Waals surface area contributed by atoms with E-state index in [1.165, 1.54) is 23.5 Å². The second kappa shape index (κ2) is 5.86. The number of thiazole rings is 1. The van der Waals surface area contributed by atoms with Crippen LogP contribution in [-0.4, -0.2) is 18.4 Å². The fraction of sp³-hybridized carbons (Fsp3) is 0.167. The Morgan fingerprint density at radius 1 is 1.40 bits per heavy atom. The molecule has 2 aromatic rings. The Morgan fingerprint density at radius 3 is 2.55 bits per heavy atom. The van der Waals surface area contributed by atoms with Crippen LogP contribution in [0.1, 0.15) is 11.3 Å². The monoisotopic (exact) mass is 327 g/mol. The molecule has 1 heterocycles. The fourth-order valence-corrected chi connectivity index (χ4v) is 3.67. The predicted octanol–water partition coefficient (Wildman–Crippen LogP) is 2.08. The molecule has 0 radical (unpaired) electrons. The molecule has 0 unspecified atom stereocenters. The van der Waals surface area contributed by atoms with Crippen molar-refractivity contribution in [2.24, 2.45) is 5.73 Å². The van der Waals surface area contributed by atoms with Gasteiger partial charge in [-0.25, -0.2) is 13.4 Å². The first kappa shape index (κ1) is 14.9. The molecule has 5 nitrogen and oxygen atoms in total. The summed E-state index contributed by atoms with van der Waals surface area (Å²) in [6, 6.07) is 6.44. The lowest BCUT2D eigenvalue weighted by molar-refractivity contribution is 0.601. The Bertz CT molecular complexity index is 721. The third-order valence-corrected chi connectivity index (χ3v) is 4.96. The zero-order valence-corrected chi connectivity index (χ0v) is 13.1. The van der Waals surface area contributed by atoms with Gasteiger partial charge in [0.05, 0.1) is 15.6 Å². The molecule has 0 saturated carbocycles. The summed E-state index contributed by atoms with van der Waals surface area (Å²) in [5.41, 5.74) is 7.10. The molecule has 1 aromatic carbocycles. The van der Waals surface area contributed by atoms with E-state index in [-0.39, 0.29) is 4.90 Å². The molecule has 0 fully saturated rings.